The summed E-state index contributed by atoms with van der Waals surface area (Å²) in [6, 6.07) is 42.5. The van der Waals surface area contributed by atoms with Crippen LogP contribution in [0.25, 0.3) is 0 Å². The monoisotopic (exact) mass is 490 g/mol. The maximum Gasteiger partial charge on any atom is 0.252 e. The molecule has 0 amide bonds. The molecule has 5 aromatic carbocycles. The summed E-state index contributed by atoms with van der Waals surface area (Å²) in [5, 5.41) is 0. The van der Waals surface area contributed by atoms with Crippen LogP contribution in [0.15, 0.2) is 115 Å². The minimum absolute atomic E-state index is 0.0627. The molecule has 2 aliphatic heterocycles. The number of hydrogen-bond acceptors (Lipinski definition) is 2. The maximum absolute atomic E-state index is 2.47. The van der Waals surface area contributed by atoms with E-state index in [2.05, 4.69) is 153 Å². The van der Waals surface area contributed by atoms with Crippen molar-refractivity contribution in [2.75, 3.05) is 9.80 Å². The molecule has 5 aromatic rings. The Balaban J connectivity index is 1.60. The summed E-state index contributed by atoms with van der Waals surface area (Å²) in [5.74, 6) is 0. The molecule has 0 saturated heterocycles. The van der Waals surface area contributed by atoms with Gasteiger partial charge in [0.1, 0.15) is 0 Å². The van der Waals surface area contributed by atoms with Crippen LogP contribution in [0.1, 0.15) is 31.9 Å². The summed E-state index contributed by atoms with van der Waals surface area (Å²) in [6.07, 6.45) is 0. The molecule has 0 radical (unpaired) electrons. The second kappa shape index (κ2) is 8.39. The van der Waals surface area contributed by atoms with Crippen molar-refractivity contribution >= 4 is 57.2 Å². The number of para-hydroxylation sites is 3. The second-order valence-corrected chi connectivity index (χ2v) is 11.6. The maximum atomic E-state index is 2.47. The molecule has 2 nitrogen and oxygen atoms in total. The zero-order valence-electron chi connectivity index (χ0n) is 22.4. The van der Waals surface area contributed by atoms with Gasteiger partial charge in [-0.3, -0.25) is 0 Å². The number of nitrogens with zero attached hydrogens (tertiary/aromatic N) is 2. The predicted octanol–water partition coefficient (Wildman–Crippen LogP) is 7.38. The fraction of sp³-hybridized carbons (Fsp3) is 0.143. The molecular weight excluding hydrogens is 459 g/mol. The first-order valence-corrected chi connectivity index (χ1v) is 13.5. The van der Waals surface area contributed by atoms with E-state index in [1.165, 1.54) is 61.6 Å². The molecule has 0 unspecified atom stereocenters. The summed E-state index contributed by atoms with van der Waals surface area (Å²) < 4.78 is 0. The van der Waals surface area contributed by atoms with Gasteiger partial charge in [0.25, 0.3) is 6.71 Å². The van der Waals surface area contributed by atoms with Crippen LogP contribution in [0.5, 0.6) is 0 Å². The van der Waals surface area contributed by atoms with Crippen LogP contribution in [-0.4, -0.2) is 6.71 Å². The SMILES string of the molecule is Cc1cc2c3c(c1)N(c1ccccc1)c1ccc(C(C)(C)C)cc1B3c1ccccc1N2c1ccccc1. The number of fused-ring (bicyclic) bond motifs is 4. The van der Waals surface area contributed by atoms with Gasteiger partial charge < -0.3 is 9.80 Å². The number of aryl methyl sites for hydroxylation is 1. The Kier molecular flexibility index (Phi) is 5.06. The lowest BCUT2D eigenvalue weighted by molar-refractivity contribution is 0.591. The van der Waals surface area contributed by atoms with E-state index in [1.807, 2.05) is 0 Å². The van der Waals surface area contributed by atoms with Gasteiger partial charge in [-0.1, -0.05) is 87.5 Å². The Morgan fingerprint density at radius 3 is 1.63 bits per heavy atom. The molecule has 0 fully saturated rings. The molecule has 0 atom stereocenters. The minimum Gasteiger partial charge on any atom is -0.311 e. The molecule has 7 rings (SSSR count). The zero-order valence-corrected chi connectivity index (χ0v) is 22.4. The van der Waals surface area contributed by atoms with Crippen molar-refractivity contribution in [1.29, 1.82) is 0 Å². The minimum atomic E-state index is 0.0627. The largest absolute Gasteiger partial charge is 0.311 e. The first-order chi connectivity index (χ1) is 18.4. The van der Waals surface area contributed by atoms with Crippen molar-refractivity contribution in [2.24, 2.45) is 0 Å². The van der Waals surface area contributed by atoms with Gasteiger partial charge in [-0.15, -0.1) is 0 Å². The van der Waals surface area contributed by atoms with Gasteiger partial charge in [0.15, 0.2) is 0 Å². The third-order valence-electron chi connectivity index (χ3n) is 8.01. The molecule has 2 heterocycles. The standard InChI is InChI=1S/C35H31BN2/c1-24-21-32-34-33(22-24)38(27-15-9-6-10-16-27)31-20-19-25(35(2,3)4)23-29(31)36(34)28-17-11-12-18-30(28)37(32)26-13-7-5-8-14-26/h5-23H,1-4H3. The molecule has 0 saturated carbocycles. The number of rotatable bonds is 2. The lowest BCUT2D eigenvalue weighted by Gasteiger charge is -2.44. The van der Waals surface area contributed by atoms with Crippen LogP contribution in [0, 0.1) is 6.92 Å². The van der Waals surface area contributed by atoms with E-state index >= 15 is 0 Å². The Labute approximate surface area is 226 Å². The van der Waals surface area contributed by atoms with Gasteiger partial charge in [-0.25, -0.2) is 0 Å². The highest BCUT2D eigenvalue weighted by atomic mass is 15.2. The highest BCUT2D eigenvalue weighted by molar-refractivity contribution is 7.00. The van der Waals surface area contributed by atoms with E-state index in [9.17, 15) is 0 Å². The third kappa shape index (κ3) is 3.42. The molecule has 0 bridgehead atoms. The molecule has 2 aliphatic rings. The summed E-state index contributed by atoms with van der Waals surface area (Å²) in [6.45, 7) is 9.30. The van der Waals surface area contributed by atoms with Gasteiger partial charge >= 0.3 is 0 Å². The first kappa shape index (κ1) is 22.9. The van der Waals surface area contributed by atoms with E-state index in [4.69, 9.17) is 0 Å². The topological polar surface area (TPSA) is 6.48 Å². The second-order valence-electron chi connectivity index (χ2n) is 11.6. The van der Waals surface area contributed by atoms with E-state index < -0.39 is 0 Å². The molecule has 38 heavy (non-hydrogen) atoms. The van der Waals surface area contributed by atoms with E-state index in [0.29, 0.717) is 0 Å². The van der Waals surface area contributed by atoms with Crippen molar-refractivity contribution in [2.45, 2.75) is 33.1 Å². The van der Waals surface area contributed by atoms with Crippen LogP contribution in [-0.2, 0) is 5.41 Å². The van der Waals surface area contributed by atoms with Crippen molar-refractivity contribution < 1.29 is 0 Å². The quantitative estimate of drug-likeness (QED) is 0.234. The fourth-order valence-corrected chi connectivity index (χ4v) is 6.27. The highest BCUT2D eigenvalue weighted by Crippen LogP contribution is 2.44. The number of anilines is 6. The molecule has 0 spiro atoms. The summed E-state index contributed by atoms with van der Waals surface area (Å²) >= 11 is 0. The molecule has 0 aromatic heterocycles. The Morgan fingerprint density at radius 1 is 0.526 bits per heavy atom. The van der Waals surface area contributed by atoms with Gasteiger partial charge in [0.2, 0.25) is 0 Å². The first-order valence-electron chi connectivity index (χ1n) is 13.5. The zero-order chi connectivity index (χ0) is 26.0. The van der Waals surface area contributed by atoms with Gasteiger partial charge in [0.05, 0.1) is 0 Å². The van der Waals surface area contributed by atoms with Crippen LogP contribution < -0.4 is 26.2 Å². The summed E-state index contributed by atoms with van der Waals surface area (Å²) in [5.41, 5.74) is 14.2. The van der Waals surface area contributed by atoms with Crippen molar-refractivity contribution in [3.63, 3.8) is 0 Å². The van der Waals surface area contributed by atoms with Crippen molar-refractivity contribution in [1.82, 2.24) is 0 Å². The Hall–Kier alpha value is -4.24. The molecular formula is C35H31BN2. The van der Waals surface area contributed by atoms with E-state index in [-0.39, 0.29) is 12.1 Å². The summed E-state index contributed by atoms with van der Waals surface area (Å²) in [7, 11) is 0. The third-order valence-corrected chi connectivity index (χ3v) is 8.01. The van der Waals surface area contributed by atoms with Crippen molar-refractivity contribution in [3.05, 3.63) is 126 Å². The lowest BCUT2D eigenvalue weighted by atomic mass is 9.33. The number of benzene rings is 5. The van der Waals surface area contributed by atoms with Gasteiger partial charge in [-0.05, 0) is 88.4 Å². The molecule has 0 N–H and O–H groups in total. The Bertz CT molecular complexity index is 1650. The van der Waals surface area contributed by atoms with Crippen molar-refractivity contribution in [3.8, 4) is 0 Å². The van der Waals surface area contributed by atoms with Crippen LogP contribution in [0.4, 0.5) is 34.1 Å². The van der Waals surface area contributed by atoms with Gasteiger partial charge in [-0.2, -0.15) is 0 Å². The predicted molar refractivity (Wildman–Crippen MR) is 164 cm³/mol. The van der Waals surface area contributed by atoms with Crippen LogP contribution in [0.2, 0.25) is 0 Å². The molecule has 184 valence electrons. The average molecular weight is 490 g/mol. The Morgan fingerprint density at radius 2 is 1.05 bits per heavy atom. The molecule has 0 aliphatic carbocycles. The highest BCUT2D eigenvalue weighted by Gasteiger charge is 2.43. The van der Waals surface area contributed by atoms with E-state index in [1.54, 1.807) is 0 Å². The van der Waals surface area contributed by atoms with Crippen LogP contribution >= 0.6 is 0 Å². The normalized spacial score (nSPS) is 13.6. The average Bonchev–Trinajstić information content (AvgIpc) is 2.93. The van der Waals surface area contributed by atoms with Gasteiger partial charge in [0, 0.05) is 34.1 Å². The fourth-order valence-electron chi connectivity index (χ4n) is 6.27. The smallest absolute Gasteiger partial charge is 0.252 e. The van der Waals surface area contributed by atoms with Crippen LogP contribution in [0.3, 0.4) is 0 Å². The molecule has 3 heteroatoms. The van der Waals surface area contributed by atoms with E-state index in [0.717, 1.165) is 0 Å². The summed E-state index contributed by atoms with van der Waals surface area (Å²) in [4.78, 5) is 4.93. The number of hydrogen-bond donors (Lipinski definition) is 0. The lowest BCUT2D eigenvalue weighted by Crippen LogP contribution is -2.61.